The largest absolute Gasteiger partial charge is 0.395 e. The van der Waals surface area contributed by atoms with Crippen LogP contribution in [-0.4, -0.2) is 29.9 Å². The van der Waals surface area contributed by atoms with Crippen LogP contribution in [-0.2, 0) is 11.2 Å². The Kier molecular flexibility index (Phi) is 5.96. The lowest BCUT2D eigenvalue weighted by Crippen LogP contribution is -2.34. The van der Waals surface area contributed by atoms with Crippen molar-refractivity contribution in [3.8, 4) is 0 Å². The molecule has 0 saturated heterocycles. The molecule has 88 valence electrons. The molecule has 0 aliphatic rings. The fourth-order valence-corrected chi connectivity index (χ4v) is 1.76. The summed E-state index contributed by atoms with van der Waals surface area (Å²) >= 11 is 4.18. The minimum atomic E-state index is -0.141. The predicted octanol–water partition coefficient (Wildman–Crippen LogP) is 0.884. The summed E-state index contributed by atoms with van der Waals surface area (Å²) in [4.78, 5) is 11.7. The van der Waals surface area contributed by atoms with Crippen LogP contribution in [0, 0.1) is 5.92 Å². The number of benzene rings is 1. The van der Waals surface area contributed by atoms with Crippen molar-refractivity contribution in [2.45, 2.75) is 6.42 Å². The van der Waals surface area contributed by atoms with Crippen LogP contribution in [0.25, 0.3) is 0 Å². The van der Waals surface area contributed by atoms with Crippen LogP contribution in [0.15, 0.2) is 30.3 Å². The fraction of sp³-hybridized carbons (Fsp3) is 0.417. The van der Waals surface area contributed by atoms with E-state index >= 15 is 0 Å². The van der Waals surface area contributed by atoms with Gasteiger partial charge in [0.15, 0.2) is 0 Å². The van der Waals surface area contributed by atoms with Crippen molar-refractivity contribution in [2.24, 2.45) is 5.92 Å². The van der Waals surface area contributed by atoms with Crippen molar-refractivity contribution in [1.29, 1.82) is 0 Å². The Morgan fingerprint density at radius 3 is 2.62 bits per heavy atom. The predicted molar refractivity (Wildman–Crippen MR) is 67.6 cm³/mol. The molecule has 1 unspecified atom stereocenters. The van der Waals surface area contributed by atoms with Gasteiger partial charge < -0.3 is 10.4 Å². The number of hydrogen-bond donors (Lipinski definition) is 3. The fourth-order valence-electron chi connectivity index (χ4n) is 1.46. The lowest BCUT2D eigenvalue weighted by atomic mass is 10.0. The molecule has 0 bridgehead atoms. The molecule has 2 N–H and O–H groups in total. The average Bonchev–Trinajstić information content (AvgIpc) is 2.34. The summed E-state index contributed by atoms with van der Waals surface area (Å²) in [5.41, 5.74) is 1.13. The summed E-state index contributed by atoms with van der Waals surface area (Å²) in [6, 6.07) is 9.85. The van der Waals surface area contributed by atoms with Crippen LogP contribution >= 0.6 is 12.6 Å². The second kappa shape index (κ2) is 7.30. The van der Waals surface area contributed by atoms with Crippen LogP contribution in [0.2, 0.25) is 0 Å². The Hall–Kier alpha value is -1.00. The zero-order valence-corrected chi connectivity index (χ0v) is 9.99. The number of hydrogen-bond acceptors (Lipinski definition) is 3. The maximum atomic E-state index is 11.7. The van der Waals surface area contributed by atoms with Crippen LogP contribution in [0.3, 0.4) is 0 Å². The molecular weight excluding hydrogens is 222 g/mol. The summed E-state index contributed by atoms with van der Waals surface area (Å²) in [5, 5.41) is 11.3. The third-order valence-electron chi connectivity index (χ3n) is 2.33. The van der Waals surface area contributed by atoms with Gasteiger partial charge in [0.05, 0.1) is 12.5 Å². The summed E-state index contributed by atoms with van der Waals surface area (Å²) in [7, 11) is 0. The molecule has 1 rings (SSSR count). The van der Waals surface area contributed by atoms with Crippen LogP contribution < -0.4 is 5.32 Å². The van der Waals surface area contributed by atoms with E-state index < -0.39 is 0 Å². The Labute approximate surface area is 101 Å². The van der Waals surface area contributed by atoms with Gasteiger partial charge in [-0.15, -0.1) is 0 Å². The number of carbonyl (C=O) groups is 1. The molecule has 0 aliphatic heterocycles. The molecule has 0 saturated carbocycles. The lowest BCUT2D eigenvalue weighted by Gasteiger charge is -2.14. The molecule has 0 aliphatic carbocycles. The lowest BCUT2D eigenvalue weighted by molar-refractivity contribution is -0.124. The zero-order valence-electron chi connectivity index (χ0n) is 9.10. The second-order valence-corrected chi connectivity index (χ2v) is 3.95. The first-order chi connectivity index (χ1) is 7.77. The van der Waals surface area contributed by atoms with E-state index in [1.807, 2.05) is 30.3 Å². The van der Waals surface area contributed by atoms with Gasteiger partial charge in [-0.3, -0.25) is 4.79 Å². The quantitative estimate of drug-likeness (QED) is 0.646. The van der Waals surface area contributed by atoms with Crippen molar-refractivity contribution in [1.82, 2.24) is 5.32 Å². The third-order valence-corrected chi connectivity index (χ3v) is 2.77. The Morgan fingerprint density at radius 2 is 2.06 bits per heavy atom. The van der Waals surface area contributed by atoms with E-state index in [0.29, 0.717) is 18.7 Å². The van der Waals surface area contributed by atoms with Gasteiger partial charge in [-0.2, -0.15) is 12.6 Å². The average molecular weight is 239 g/mol. The Balaban J connectivity index is 2.52. The van der Waals surface area contributed by atoms with Gasteiger partial charge in [0.25, 0.3) is 0 Å². The first-order valence-corrected chi connectivity index (χ1v) is 5.94. The summed E-state index contributed by atoms with van der Waals surface area (Å²) < 4.78 is 0. The highest BCUT2D eigenvalue weighted by atomic mass is 32.1. The highest BCUT2D eigenvalue weighted by molar-refractivity contribution is 7.80. The molecule has 1 aromatic rings. The van der Waals surface area contributed by atoms with Crippen molar-refractivity contribution < 1.29 is 9.90 Å². The Morgan fingerprint density at radius 1 is 1.38 bits per heavy atom. The monoisotopic (exact) mass is 239 g/mol. The molecule has 0 spiro atoms. The van der Waals surface area contributed by atoms with Crippen LogP contribution in [0.5, 0.6) is 0 Å². The van der Waals surface area contributed by atoms with Gasteiger partial charge in [-0.25, -0.2) is 0 Å². The number of aliphatic hydroxyl groups is 1. The van der Waals surface area contributed by atoms with Gasteiger partial charge in [-0.05, 0) is 12.0 Å². The van der Waals surface area contributed by atoms with E-state index in [9.17, 15) is 4.79 Å². The van der Waals surface area contributed by atoms with E-state index in [1.165, 1.54) is 0 Å². The van der Waals surface area contributed by atoms with Crippen molar-refractivity contribution in [3.05, 3.63) is 35.9 Å². The second-order valence-electron chi connectivity index (χ2n) is 3.58. The number of nitrogens with one attached hydrogen (secondary N) is 1. The molecule has 1 amide bonds. The summed E-state index contributed by atoms with van der Waals surface area (Å²) in [6.45, 7) is 0.272. The number of aliphatic hydroxyl groups excluding tert-OH is 1. The number of thiol groups is 1. The number of carbonyl (C=O) groups excluding carboxylic acids is 1. The first-order valence-electron chi connectivity index (χ1n) is 5.31. The van der Waals surface area contributed by atoms with Crippen molar-refractivity contribution in [3.63, 3.8) is 0 Å². The van der Waals surface area contributed by atoms with Gasteiger partial charge in [0, 0.05) is 12.3 Å². The Bertz CT molecular complexity index is 316. The van der Waals surface area contributed by atoms with Gasteiger partial charge in [0.1, 0.15) is 0 Å². The van der Waals surface area contributed by atoms with Gasteiger partial charge in [-0.1, -0.05) is 30.3 Å². The molecule has 0 aromatic heterocycles. The molecule has 16 heavy (non-hydrogen) atoms. The van der Waals surface area contributed by atoms with Crippen molar-refractivity contribution >= 4 is 18.5 Å². The number of rotatable bonds is 6. The summed E-state index contributed by atoms with van der Waals surface area (Å²) in [6.07, 6.45) is 0.682. The molecular formula is C12H17NO2S. The van der Waals surface area contributed by atoms with Crippen LogP contribution in [0.1, 0.15) is 5.56 Å². The molecule has 0 heterocycles. The number of amides is 1. The van der Waals surface area contributed by atoms with E-state index in [0.717, 1.165) is 5.56 Å². The maximum absolute atomic E-state index is 11.7. The molecule has 3 nitrogen and oxygen atoms in total. The topological polar surface area (TPSA) is 49.3 Å². The van der Waals surface area contributed by atoms with Gasteiger partial charge >= 0.3 is 0 Å². The molecule has 0 radical (unpaired) electrons. The van der Waals surface area contributed by atoms with E-state index in [4.69, 9.17) is 5.11 Å². The van der Waals surface area contributed by atoms with Crippen molar-refractivity contribution in [2.75, 3.05) is 18.9 Å². The molecule has 1 atom stereocenters. The minimum absolute atomic E-state index is 0.0314. The molecule has 1 aromatic carbocycles. The molecule has 0 fully saturated rings. The van der Waals surface area contributed by atoms with Gasteiger partial charge in [0.2, 0.25) is 5.91 Å². The van der Waals surface area contributed by atoms with Crippen LogP contribution in [0.4, 0.5) is 0 Å². The van der Waals surface area contributed by atoms with E-state index in [2.05, 4.69) is 17.9 Å². The zero-order chi connectivity index (χ0) is 11.8. The standard InChI is InChI=1S/C12H17NO2S/c14-7-6-13-12(15)11(9-16)8-10-4-2-1-3-5-10/h1-5,11,14,16H,6-9H2,(H,13,15). The smallest absolute Gasteiger partial charge is 0.224 e. The highest BCUT2D eigenvalue weighted by Gasteiger charge is 2.16. The maximum Gasteiger partial charge on any atom is 0.224 e. The third kappa shape index (κ3) is 4.24. The normalized spacial score (nSPS) is 12.1. The van der Waals surface area contributed by atoms with E-state index in [1.54, 1.807) is 0 Å². The van der Waals surface area contributed by atoms with E-state index in [-0.39, 0.29) is 18.4 Å². The first kappa shape index (κ1) is 13.1. The molecule has 4 heteroatoms. The SMILES string of the molecule is O=C(NCCO)C(CS)Cc1ccccc1. The summed E-state index contributed by atoms with van der Waals surface area (Å²) in [5.74, 6) is 0.316. The minimum Gasteiger partial charge on any atom is -0.395 e. The highest BCUT2D eigenvalue weighted by Crippen LogP contribution is 2.10.